The minimum Gasteiger partial charge on any atom is -0.421 e. The van der Waals surface area contributed by atoms with Crippen LogP contribution in [-0.4, -0.2) is 16.1 Å². The first kappa shape index (κ1) is 16.9. The molecule has 2 aromatic carbocycles. The number of nitrogens with one attached hydrogen (secondary N) is 1. The molecule has 0 fully saturated rings. The Morgan fingerprint density at radius 2 is 1.80 bits per heavy atom. The second-order valence-electron chi connectivity index (χ2n) is 6.01. The van der Waals surface area contributed by atoms with Gasteiger partial charge in [0.25, 0.3) is 0 Å². The molecule has 1 atom stereocenters. The maximum atomic E-state index is 12.2. The van der Waals surface area contributed by atoms with Gasteiger partial charge in [0.1, 0.15) is 0 Å². The SMILES string of the molecule is Cc1ccccc1C(C)NC(=O)CCc1nnc(-c2ccccc2)o1. The Hall–Kier alpha value is -2.95. The molecule has 1 unspecified atom stereocenters. The highest BCUT2D eigenvalue weighted by Gasteiger charge is 2.13. The van der Waals surface area contributed by atoms with Crippen LogP contribution in [0.2, 0.25) is 0 Å². The topological polar surface area (TPSA) is 68.0 Å². The highest BCUT2D eigenvalue weighted by molar-refractivity contribution is 5.76. The van der Waals surface area contributed by atoms with Gasteiger partial charge in [-0.2, -0.15) is 0 Å². The van der Waals surface area contributed by atoms with Gasteiger partial charge in [-0.05, 0) is 37.1 Å². The Morgan fingerprint density at radius 1 is 1.08 bits per heavy atom. The van der Waals surface area contributed by atoms with E-state index < -0.39 is 0 Å². The fourth-order valence-electron chi connectivity index (χ4n) is 2.74. The molecule has 25 heavy (non-hydrogen) atoms. The van der Waals surface area contributed by atoms with Crippen molar-refractivity contribution in [2.45, 2.75) is 32.7 Å². The van der Waals surface area contributed by atoms with Crippen molar-refractivity contribution in [2.75, 3.05) is 0 Å². The number of hydrogen-bond acceptors (Lipinski definition) is 4. The molecule has 0 aliphatic carbocycles. The van der Waals surface area contributed by atoms with Gasteiger partial charge in [-0.25, -0.2) is 0 Å². The Morgan fingerprint density at radius 3 is 2.56 bits per heavy atom. The van der Waals surface area contributed by atoms with Crippen molar-refractivity contribution in [3.63, 3.8) is 0 Å². The quantitative estimate of drug-likeness (QED) is 0.743. The van der Waals surface area contributed by atoms with E-state index in [9.17, 15) is 4.79 Å². The number of aryl methyl sites for hydroxylation is 2. The molecular weight excluding hydrogens is 314 g/mol. The predicted octanol–water partition coefficient (Wildman–Crippen LogP) is 3.86. The van der Waals surface area contributed by atoms with Crippen molar-refractivity contribution in [3.8, 4) is 11.5 Å². The maximum Gasteiger partial charge on any atom is 0.247 e. The second-order valence-corrected chi connectivity index (χ2v) is 6.01. The van der Waals surface area contributed by atoms with Gasteiger partial charge >= 0.3 is 0 Å². The van der Waals surface area contributed by atoms with Gasteiger partial charge in [0.05, 0.1) is 6.04 Å². The van der Waals surface area contributed by atoms with Crippen LogP contribution in [-0.2, 0) is 11.2 Å². The van der Waals surface area contributed by atoms with Gasteiger partial charge in [-0.1, -0.05) is 42.5 Å². The monoisotopic (exact) mass is 335 g/mol. The first-order chi connectivity index (χ1) is 12.1. The molecule has 1 N–H and O–H groups in total. The van der Waals surface area contributed by atoms with Crippen LogP contribution in [0.1, 0.15) is 36.4 Å². The van der Waals surface area contributed by atoms with E-state index >= 15 is 0 Å². The number of carbonyl (C=O) groups excluding carboxylic acids is 1. The normalized spacial score (nSPS) is 11.9. The van der Waals surface area contributed by atoms with E-state index in [4.69, 9.17) is 4.42 Å². The predicted molar refractivity (Wildman–Crippen MR) is 95.8 cm³/mol. The summed E-state index contributed by atoms with van der Waals surface area (Å²) in [5.74, 6) is 0.914. The molecule has 0 bridgehead atoms. The molecule has 3 aromatic rings. The van der Waals surface area contributed by atoms with E-state index in [1.807, 2.05) is 68.4 Å². The summed E-state index contributed by atoms with van der Waals surface area (Å²) in [5, 5.41) is 11.1. The van der Waals surface area contributed by atoms with Crippen molar-refractivity contribution in [1.82, 2.24) is 15.5 Å². The van der Waals surface area contributed by atoms with Crippen molar-refractivity contribution in [2.24, 2.45) is 0 Å². The summed E-state index contributed by atoms with van der Waals surface area (Å²) in [5.41, 5.74) is 3.17. The second kappa shape index (κ2) is 7.75. The van der Waals surface area contributed by atoms with Crippen molar-refractivity contribution >= 4 is 5.91 Å². The van der Waals surface area contributed by atoms with E-state index in [0.717, 1.165) is 11.1 Å². The summed E-state index contributed by atoms with van der Waals surface area (Å²) < 4.78 is 5.63. The third-order valence-corrected chi connectivity index (χ3v) is 4.09. The third-order valence-electron chi connectivity index (χ3n) is 4.09. The lowest BCUT2D eigenvalue weighted by molar-refractivity contribution is -0.121. The number of carbonyl (C=O) groups is 1. The number of amides is 1. The molecular formula is C20H21N3O2. The smallest absolute Gasteiger partial charge is 0.247 e. The van der Waals surface area contributed by atoms with Crippen LogP contribution < -0.4 is 5.32 Å². The van der Waals surface area contributed by atoms with Gasteiger partial charge in [0, 0.05) is 18.4 Å². The van der Waals surface area contributed by atoms with Crippen molar-refractivity contribution < 1.29 is 9.21 Å². The minimum atomic E-state index is -0.0322. The molecule has 3 rings (SSSR count). The molecule has 0 saturated heterocycles. The largest absolute Gasteiger partial charge is 0.421 e. The van der Waals surface area contributed by atoms with Gasteiger partial charge in [0.2, 0.25) is 17.7 Å². The zero-order chi connectivity index (χ0) is 17.6. The molecule has 128 valence electrons. The molecule has 0 spiro atoms. The molecule has 0 saturated carbocycles. The summed E-state index contributed by atoms with van der Waals surface area (Å²) >= 11 is 0. The van der Waals surface area contributed by atoms with Crippen LogP contribution in [0.15, 0.2) is 59.0 Å². The highest BCUT2D eigenvalue weighted by Crippen LogP contribution is 2.18. The van der Waals surface area contributed by atoms with Gasteiger partial charge < -0.3 is 9.73 Å². The molecule has 1 amide bonds. The van der Waals surface area contributed by atoms with Crippen LogP contribution in [0.25, 0.3) is 11.5 Å². The third kappa shape index (κ3) is 4.32. The van der Waals surface area contributed by atoms with Crippen LogP contribution in [0, 0.1) is 6.92 Å². The zero-order valence-corrected chi connectivity index (χ0v) is 14.4. The number of hydrogen-bond donors (Lipinski definition) is 1. The van der Waals surface area contributed by atoms with E-state index in [0.29, 0.717) is 24.6 Å². The van der Waals surface area contributed by atoms with Gasteiger partial charge in [-0.3, -0.25) is 4.79 Å². The summed E-state index contributed by atoms with van der Waals surface area (Å²) in [7, 11) is 0. The van der Waals surface area contributed by atoms with Crippen molar-refractivity contribution in [1.29, 1.82) is 0 Å². The lowest BCUT2D eigenvalue weighted by atomic mass is 10.0. The molecule has 1 heterocycles. The van der Waals surface area contributed by atoms with E-state index in [2.05, 4.69) is 15.5 Å². The number of aromatic nitrogens is 2. The summed E-state index contributed by atoms with van der Waals surface area (Å²) in [4.78, 5) is 12.2. The molecule has 0 aliphatic rings. The van der Waals surface area contributed by atoms with Crippen molar-refractivity contribution in [3.05, 3.63) is 71.6 Å². The van der Waals surface area contributed by atoms with Gasteiger partial charge in [-0.15, -0.1) is 10.2 Å². The number of nitrogens with zero attached hydrogens (tertiary/aromatic N) is 2. The zero-order valence-electron chi connectivity index (χ0n) is 14.4. The molecule has 1 aromatic heterocycles. The van der Waals surface area contributed by atoms with Crippen LogP contribution in [0.5, 0.6) is 0 Å². The average molecular weight is 335 g/mol. The molecule has 0 radical (unpaired) electrons. The Labute approximate surface area is 147 Å². The standard InChI is InChI=1S/C20H21N3O2/c1-14-8-6-7-11-17(14)15(2)21-18(24)12-13-19-22-23-20(25-19)16-9-4-3-5-10-16/h3-11,15H,12-13H2,1-2H3,(H,21,24). The minimum absolute atomic E-state index is 0.0312. The number of rotatable bonds is 6. The number of benzene rings is 2. The van der Waals surface area contributed by atoms with Crippen LogP contribution in [0.4, 0.5) is 0 Å². The molecule has 5 heteroatoms. The van der Waals surface area contributed by atoms with E-state index in [1.165, 1.54) is 5.56 Å². The fraction of sp³-hybridized carbons (Fsp3) is 0.250. The Balaban J connectivity index is 1.54. The van der Waals surface area contributed by atoms with Crippen LogP contribution >= 0.6 is 0 Å². The Kier molecular flexibility index (Phi) is 5.23. The summed E-state index contributed by atoms with van der Waals surface area (Å²) in [6.45, 7) is 4.03. The average Bonchev–Trinajstić information content (AvgIpc) is 3.10. The lowest BCUT2D eigenvalue weighted by Crippen LogP contribution is -2.27. The van der Waals surface area contributed by atoms with E-state index in [-0.39, 0.29) is 11.9 Å². The van der Waals surface area contributed by atoms with E-state index in [1.54, 1.807) is 0 Å². The lowest BCUT2D eigenvalue weighted by Gasteiger charge is -2.16. The summed E-state index contributed by atoms with van der Waals surface area (Å²) in [6.07, 6.45) is 0.735. The summed E-state index contributed by atoms with van der Waals surface area (Å²) in [6, 6.07) is 17.6. The van der Waals surface area contributed by atoms with Crippen LogP contribution in [0.3, 0.4) is 0 Å². The molecule has 5 nitrogen and oxygen atoms in total. The van der Waals surface area contributed by atoms with Gasteiger partial charge in [0.15, 0.2) is 0 Å². The first-order valence-corrected chi connectivity index (χ1v) is 8.36. The molecule has 0 aliphatic heterocycles. The first-order valence-electron chi connectivity index (χ1n) is 8.36. The fourth-order valence-corrected chi connectivity index (χ4v) is 2.74. The Bertz CT molecular complexity index is 843. The maximum absolute atomic E-state index is 12.2. The highest BCUT2D eigenvalue weighted by atomic mass is 16.4.